The molecule has 4 unspecified atom stereocenters. The fourth-order valence-electron chi connectivity index (χ4n) is 13.1. The van der Waals surface area contributed by atoms with Gasteiger partial charge in [0.25, 0.3) is 27.8 Å². The fourth-order valence-corrected chi connectivity index (χ4v) is 14.7. The maximum atomic E-state index is 13.7. The average Bonchev–Trinajstić information content (AvgIpc) is 4.08. The van der Waals surface area contributed by atoms with Crippen molar-refractivity contribution in [2.45, 2.75) is 117 Å². The van der Waals surface area contributed by atoms with Crippen molar-refractivity contribution in [3.63, 3.8) is 0 Å². The normalized spacial score (nSPS) is 22.5. The number of unbranched alkanes of at least 4 members (excludes halogenated alkanes) is 2. The molecular weight excluding hydrogens is 1020 g/mol. The minimum atomic E-state index is -4.60. The van der Waals surface area contributed by atoms with Gasteiger partial charge in [0.05, 0.1) is 40.3 Å². The second-order valence-electron chi connectivity index (χ2n) is 22.4. The zero-order chi connectivity index (χ0) is 54.9. The molecule has 2 bridgehead atoms. The number of imide groups is 1. The Bertz CT molecular complexity index is 3230. The molecule has 9 rings (SSSR count). The number of hydrogen-bond donors (Lipinski definition) is 4. The number of fused-ring (bicyclic) bond motifs is 4. The number of ketones is 1. The van der Waals surface area contributed by atoms with Crippen molar-refractivity contribution in [2.75, 3.05) is 42.2 Å². The van der Waals surface area contributed by atoms with Crippen LogP contribution in [-0.2, 0) is 53.5 Å². The zero-order valence-electron chi connectivity index (χ0n) is 43.9. The lowest BCUT2D eigenvalue weighted by Gasteiger charge is -2.58. The van der Waals surface area contributed by atoms with Gasteiger partial charge in [-0.05, 0) is 116 Å². The molecule has 4 N–H and O–H groups in total. The number of pyridine rings is 1. The molecule has 4 aliphatic rings. The number of carboxylic acid groups (broad SMARTS) is 1. The molecule has 5 heterocycles. The lowest BCUT2D eigenvalue weighted by molar-refractivity contribution is -0.177. The largest absolute Gasteiger partial charge is 0.476 e. The van der Waals surface area contributed by atoms with E-state index in [1.54, 1.807) is 18.3 Å². The van der Waals surface area contributed by atoms with Gasteiger partial charge in [0, 0.05) is 80.1 Å². The number of anilines is 2. The van der Waals surface area contributed by atoms with Gasteiger partial charge in [-0.25, -0.2) is 14.8 Å². The van der Waals surface area contributed by atoms with Gasteiger partial charge in [-0.1, -0.05) is 62.8 Å². The molecule has 3 aromatic heterocycles. The molecule has 2 fully saturated rings. The summed E-state index contributed by atoms with van der Waals surface area (Å²) in [6, 6.07) is 17.0. The van der Waals surface area contributed by atoms with Gasteiger partial charge in [0.15, 0.2) is 10.8 Å². The highest BCUT2D eigenvalue weighted by atomic mass is 32.2. The summed E-state index contributed by atoms with van der Waals surface area (Å²) in [6.07, 6.45) is 10.1. The predicted octanol–water partition coefficient (Wildman–Crippen LogP) is 7.82. The lowest BCUT2D eigenvalue weighted by atomic mass is 9.51. The van der Waals surface area contributed by atoms with Crippen molar-refractivity contribution in [1.29, 1.82) is 0 Å². The molecule has 408 valence electrons. The number of benzene rings is 2. The number of hydrogen-bond acceptors (Lipinski definition) is 14. The SMILES string of the molecule is Cc1c(-c2ccc(N3CCc4cccc(C(=O)Nc5nc6ccccc6s5)c4C3)nc2C(=O)O)cnn1CC1(C)CC2(C)CC(C)CC(OCCNC(=O)[C@@H](CC(=O)CCCCCN3C(=O)C=CC3=O)CS(=O)(=O)O)(C2)C1. The van der Waals surface area contributed by atoms with Crippen LogP contribution in [0.2, 0.25) is 0 Å². The summed E-state index contributed by atoms with van der Waals surface area (Å²) in [5.74, 6) is -4.59. The topological polar surface area (TPSA) is 260 Å². The van der Waals surface area contributed by atoms with Gasteiger partial charge in [0.2, 0.25) is 5.91 Å². The highest BCUT2D eigenvalue weighted by molar-refractivity contribution is 7.85. The van der Waals surface area contributed by atoms with Crippen molar-refractivity contribution in [1.82, 2.24) is 30.0 Å². The van der Waals surface area contributed by atoms with Crippen LogP contribution >= 0.6 is 11.3 Å². The molecule has 0 radical (unpaired) electrons. The van der Waals surface area contributed by atoms with E-state index in [0.717, 1.165) is 57.6 Å². The van der Waals surface area contributed by atoms with Crippen LogP contribution in [-0.4, -0.2) is 116 Å². The third-order valence-corrected chi connectivity index (χ3v) is 17.4. The standard InChI is InChI=1S/C56H66N8O11S2/c1-35-26-54(3)31-55(4,33-56(27-35,32-54)75-24-21-57-50(68)38(30-77(72,73)74)25-39(65)12-6-5-9-22-63-47(66)18-19-48(63)67)34-64-36(2)42(28-58-64)40-16-17-46(60-49(40)52(70)71)62-23-20-37-11-10-13-41(43(37)29-62)51(69)61-53-59-44-14-7-8-15-45(44)76-53/h7-8,10-11,13-19,28,35,38H,5-6,9,12,20-27,29-34H2,1-4H3,(H,57,68)(H,70,71)(H,59,61,69)(H,72,73,74)/t35?,38-,54?,55?,56?/m0/s1. The van der Waals surface area contributed by atoms with Gasteiger partial charge in [-0.3, -0.25) is 43.4 Å². The first kappa shape index (κ1) is 55.1. The van der Waals surface area contributed by atoms with Crippen molar-refractivity contribution < 1.29 is 51.6 Å². The van der Waals surface area contributed by atoms with E-state index in [-0.39, 0.29) is 72.6 Å². The number of amides is 4. The van der Waals surface area contributed by atoms with E-state index in [1.165, 1.54) is 23.5 Å². The molecule has 19 nitrogen and oxygen atoms in total. The van der Waals surface area contributed by atoms with Gasteiger partial charge in [-0.15, -0.1) is 0 Å². The molecule has 2 saturated carbocycles. The zero-order valence-corrected chi connectivity index (χ0v) is 45.5. The molecule has 2 aliphatic carbocycles. The maximum absolute atomic E-state index is 13.7. The lowest BCUT2D eigenvalue weighted by Crippen LogP contribution is -2.55. The Labute approximate surface area is 451 Å². The predicted molar refractivity (Wildman–Crippen MR) is 290 cm³/mol. The third kappa shape index (κ3) is 12.9. The van der Waals surface area contributed by atoms with E-state index in [1.807, 2.05) is 59.0 Å². The monoisotopic (exact) mass is 1090 g/mol. The number of aromatic carboxylic acids is 1. The number of para-hydroxylation sites is 1. The Hall–Kier alpha value is -6.68. The smallest absolute Gasteiger partial charge is 0.355 e. The van der Waals surface area contributed by atoms with Gasteiger partial charge in [-0.2, -0.15) is 13.5 Å². The Morgan fingerprint density at radius 2 is 1.71 bits per heavy atom. The quantitative estimate of drug-likeness (QED) is 0.0293. The molecule has 0 saturated heterocycles. The summed E-state index contributed by atoms with van der Waals surface area (Å²) in [5, 5.41) is 21.7. The highest BCUT2D eigenvalue weighted by Crippen LogP contribution is 2.60. The number of Topliss-reactive ketones (excluding diaryl/α,β-unsaturated/α-hetero) is 1. The summed E-state index contributed by atoms with van der Waals surface area (Å²) in [5.41, 5.74) is 4.06. The van der Waals surface area contributed by atoms with Crippen LogP contribution in [0.5, 0.6) is 0 Å². The van der Waals surface area contributed by atoms with E-state index in [9.17, 15) is 46.8 Å². The van der Waals surface area contributed by atoms with Crippen LogP contribution in [0.25, 0.3) is 21.3 Å². The Morgan fingerprint density at radius 3 is 2.47 bits per heavy atom. The summed E-state index contributed by atoms with van der Waals surface area (Å²) in [6.45, 7) is 10.5. The summed E-state index contributed by atoms with van der Waals surface area (Å²) < 4.78 is 43.3. The Morgan fingerprint density at radius 1 is 0.935 bits per heavy atom. The second-order valence-corrected chi connectivity index (χ2v) is 24.9. The van der Waals surface area contributed by atoms with E-state index in [2.05, 4.69) is 36.4 Å². The van der Waals surface area contributed by atoms with Gasteiger partial charge >= 0.3 is 5.97 Å². The first-order chi connectivity index (χ1) is 36.6. The number of carbonyl (C=O) groups excluding carboxylic acids is 5. The molecule has 4 amide bonds. The number of carboxylic acids is 1. The van der Waals surface area contributed by atoms with Crippen molar-refractivity contribution >= 4 is 78.0 Å². The number of carbonyl (C=O) groups is 6. The average molecular weight is 1090 g/mol. The summed E-state index contributed by atoms with van der Waals surface area (Å²) in [7, 11) is -4.60. The Kier molecular flexibility index (Phi) is 16.0. The van der Waals surface area contributed by atoms with Crippen LogP contribution in [0.3, 0.4) is 0 Å². The van der Waals surface area contributed by atoms with Crippen molar-refractivity contribution in [2.24, 2.45) is 22.7 Å². The minimum Gasteiger partial charge on any atom is -0.476 e. The molecule has 5 aromatic rings. The number of aromatic nitrogens is 4. The first-order valence-corrected chi connectivity index (χ1v) is 28.7. The number of thiazole rings is 1. The van der Waals surface area contributed by atoms with Crippen molar-refractivity contribution in [3.05, 3.63) is 101 Å². The molecule has 2 aliphatic heterocycles. The first-order valence-electron chi connectivity index (χ1n) is 26.3. The molecule has 21 heteroatoms. The van der Waals surface area contributed by atoms with E-state index < -0.39 is 39.3 Å². The number of rotatable bonds is 22. The van der Waals surface area contributed by atoms with Crippen molar-refractivity contribution in [3.8, 4) is 11.1 Å². The fraction of sp³-hybridized carbons (Fsp3) is 0.482. The second kappa shape index (κ2) is 22.4. The number of nitrogens with one attached hydrogen (secondary N) is 2. The minimum absolute atomic E-state index is 0.0523. The molecule has 2 aromatic carbocycles. The van der Waals surface area contributed by atoms with E-state index >= 15 is 0 Å². The highest BCUT2D eigenvalue weighted by Gasteiger charge is 2.55. The number of nitrogens with zero attached hydrogens (tertiary/aromatic N) is 6. The van der Waals surface area contributed by atoms with E-state index in [0.29, 0.717) is 85.3 Å². The van der Waals surface area contributed by atoms with Gasteiger partial charge in [0.1, 0.15) is 11.6 Å². The molecule has 77 heavy (non-hydrogen) atoms. The summed E-state index contributed by atoms with van der Waals surface area (Å²) in [4.78, 5) is 89.1. The maximum Gasteiger partial charge on any atom is 0.355 e. The summed E-state index contributed by atoms with van der Waals surface area (Å²) >= 11 is 1.41. The van der Waals surface area contributed by atoms with Crippen LogP contribution < -0.4 is 15.5 Å². The van der Waals surface area contributed by atoms with Crippen LogP contribution in [0.4, 0.5) is 10.9 Å². The molecular formula is C56H66N8O11S2. The third-order valence-electron chi connectivity index (χ3n) is 15.6. The molecule has 5 atom stereocenters. The van der Waals surface area contributed by atoms with Crippen LogP contribution in [0.15, 0.2) is 72.9 Å². The Balaban J connectivity index is 0.829. The van der Waals surface area contributed by atoms with Crippen LogP contribution in [0, 0.1) is 29.6 Å². The van der Waals surface area contributed by atoms with Crippen LogP contribution in [0.1, 0.15) is 123 Å². The number of ether oxygens (including phenoxy) is 1. The van der Waals surface area contributed by atoms with E-state index in [4.69, 9.17) is 14.8 Å². The van der Waals surface area contributed by atoms with Gasteiger partial charge < -0.3 is 20.1 Å². The molecule has 0 spiro atoms.